The fourth-order valence-electron chi connectivity index (χ4n) is 2.77. The Morgan fingerprint density at radius 1 is 1.00 bits per heavy atom. The first-order valence-corrected chi connectivity index (χ1v) is 9.89. The van der Waals surface area contributed by atoms with E-state index >= 15 is 0 Å². The van der Waals surface area contributed by atoms with Crippen molar-refractivity contribution in [3.8, 4) is 11.3 Å². The summed E-state index contributed by atoms with van der Waals surface area (Å²) in [7, 11) is 0. The molecule has 2 aromatic carbocycles. The molecule has 1 aromatic heterocycles. The molecule has 0 radical (unpaired) electrons. The van der Waals surface area contributed by atoms with E-state index in [0.717, 1.165) is 22.2 Å². The number of amides is 2. The zero-order valence-corrected chi connectivity index (χ0v) is 16.9. The van der Waals surface area contributed by atoms with E-state index in [1.165, 1.54) is 0 Å². The third kappa shape index (κ3) is 3.61. The van der Waals surface area contributed by atoms with Crippen LogP contribution in [0.2, 0.25) is 10.0 Å². The van der Waals surface area contributed by atoms with Crippen LogP contribution < -0.4 is 4.90 Å². The molecule has 0 spiro atoms. The maximum Gasteiger partial charge on any atom is 0.298 e. The Bertz CT molecular complexity index is 1120. The minimum Gasteiger partial charge on any atom is -0.457 e. The van der Waals surface area contributed by atoms with Gasteiger partial charge in [0.15, 0.2) is 0 Å². The second-order valence-electron chi connectivity index (χ2n) is 6.18. The van der Waals surface area contributed by atoms with Gasteiger partial charge in [0.2, 0.25) is 0 Å². The van der Waals surface area contributed by atoms with Gasteiger partial charge in [-0.15, -0.1) is 0 Å². The van der Waals surface area contributed by atoms with Crippen molar-refractivity contribution in [1.82, 2.24) is 0 Å². The topological polar surface area (TPSA) is 50.5 Å². The summed E-state index contributed by atoms with van der Waals surface area (Å²) in [6.07, 6.45) is 1.56. The monoisotopic (exact) mass is 429 g/mol. The average molecular weight is 430 g/mol. The SMILES string of the molecule is Cc1ccc(N2C(=O)S/C(=C\c3ccc(-c4cc(Cl)ccc4Cl)o3)C2=O)cc1. The number of halogens is 2. The summed E-state index contributed by atoms with van der Waals surface area (Å²) in [6.45, 7) is 1.94. The van der Waals surface area contributed by atoms with Crippen LogP contribution >= 0.6 is 35.0 Å². The van der Waals surface area contributed by atoms with E-state index in [2.05, 4.69) is 0 Å². The van der Waals surface area contributed by atoms with Crippen LogP contribution in [0.25, 0.3) is 17.4 Å². The molecule has 28 heavy (non-hydrogen) atoms. The van der Waals surface area contributed by atoms with Crippen LogP contribution in [0, 0.1) is 6.92 Å². The van der Waals surface area contributed by atoms with E-state index < -0.39 is 0 Å². The molecule has 1 aliphatic rings. The Labute approximate surface area is 175 Å². The summed E-state index contributed by atoms with van der Waals surface area (Å²) >= 11 is 13.1. The van der Waals surface area contributed by atoms with Gasteiger partial charge in [-0.1, -0.05) is 40.9 Å². The van der Waals surface area contributed by atoms with Crippen molar-refractivity contribution in [1.29, 1.82) is 0 Å². The van der Waals surface area contributed by atoms with Gasteiger partial charge in [-0.3, -0.25) is 9.59 Å². The number of carbonyl (C=O) groups is 2. The van der Waals surface area contributed by atoms with Gasteiger partial charge in [0, 0.05) is 16.7 Å². The van der Waals surface area contributed by atoms with Crippen molar-refractivity contribution < 1.29 is 14.0 Å². The highest BCUT2D eigenvalue weighted by molar-refractivity contribution is 8.19. The molecule has 0 aliphatic carbocycles. The van der Waals surface area contributed by atoms with Crippen molar-refractivity contribution in [3.63, 3.8) is 0 Å². The number of benzene rings is 2. The molecular weight excluding hydrogens is 417 g/mol. The third-order valence-corrected chi connectivity index (χ3v) is 5.61. The summed E-state index contributed by atoms with van der Waals surface area (Å²) in [4.78, 5) is 26.5. The highest BCUT2D eigenvalue weighted by Gasteiger charge is 2.36. The van der Waals surface area contributed by atoms with Crippen LogP contribution in [-0.4, -0.2) is 11.1 Å². The van der Waals surface area contributed by atoms with Crippen molar-refractivity contribution in [2.24, 2.45) is 0 Å². The molecule has 2 heterocycles. The summed E-state index contributed by atoms with van der Waals surface area (Å²) in [5.74, 6) is 0.592. The van der Waals surface area contributed by atoms with Crippen LogP contribution in [0.4, 0.5) is 10.5 Å². The Morgan fingerprint density at radius 3 is 2.50 bits per heavy atom. The van der Waals surface area contributed by atoms with Crippen LogP contribution in [0.15, 0.2) is 63.9 Å². The van der Waals surface area contributed by atoms with Crippen molar-refractivity contribution in [2.45, 2.75) is 6.92 Å². The number of aryl methyl sites for hydroxylation is 1. The normalized spacial score (nSPS) is 15.7. The summed E-state index contributed by atoms with van der Waals surface area (Å²) in [5.41, 5.74) is 2.25. The minimum atomic E-state index is -0.377. The van der Waals surface area contributed by atoms with Gasteiger partial charge in [-0.2, -0.15) is 0 Å². The molecule has 0 unspecified atom stereocenters. The smallest absolute Gasteiger partial charge is 0.298 e. The fourth-order valence-corrected chi connectivity index (χ4v) is 3.98. The first-order chi connectivity index (χ1) is 13.4. The van der Waals surface area contributed by atoms with E-state index in [1.54, 1.807) is 48.5 Å². The second-order valence-corrected chi connectivity index (χ2v) is 8.02. The lowest BCUT2D eigenvalue weighted by molar-refractivity contribution is -0.113. The van der Waals surface area contributed by atoms with Gasteiger partial charge < -0.3 is 4.42 Å². The zero-order chi connectivity index (χ0) is 19.8. The first kappa shape index (κ1) is 18.9. The molecule has 1 aliphatic heterocycles. The van der Waals surface area contributed by atoms with E-state index in [9.17, 15) is 9.59 Å². The van der Waals surface area contributed by atoms with Crippen LogP contribution in [0.5, 0.6) is 0 Å². The lowest BCUT2D eigenvalue weighted by Crippen LogP contribution is -2.27. The Kier molecular flexibility index (Phi) is 5.06. The number of imide groups is 1. The van der Waals surface area contributed by atoms with E-state index in [4.69, 9.17) is 27.6 Å². The Balaban J connectivity index is 1.62. The molecule has 2 amide bonds. The van der Waals surface area contributed by atoms with Gasteiger partial charge in [-0.25, -0.2) is 4.90 Å². The quantitative estimate of drug-likeness (QED) is 0.429. The molecule has 3 aromatic rings. The highest BCUT2D eigenvalue weighted by atomic mass is 35.5. The third-order valence-electron chi connectivity index (χ3n) is 4.18. The number of carbonyl (C=O) groups excluding carboxylic acids is 2. The average Bonchev–Trinajstić information content (AvgIpc) is 3.23. The predicted octanol–water partition coefficient (Wildman–Crippen LogP) is 6.80. The van der Waals surface area contributed by atoms with Crippen LogP contribution in [0.1, 0.15) is 11.3 Å². The van der Waals surface area contributed by atoms with Crippen LogP contribution in [-0.2, 0) is 4.79 Å². The molecule has 1 fully saturated rings. The molecule has 4 rings (SSSR count). The molecular formula is C21H13Cl2NO3S. The van der Waals surface area contributed by atoms with E-state index in [0.29, 0.717) is 37.7 Å². The molecule has 0 atom stereocenters. The standard InChI is InChI=1S/C21H13Cl2NO3S/c1-12-2-5-14(6-3-12)24-20(25)19(28-21(24)26)11-15-7-9-18(27-15)16-10-13(22)4-8-17(16)23/h2-11H,1H3/b19-11-. The molecule has 0 N–H and O–H groups in total. The van der Waals surface area contributed by atoms with Gasteiger partial charge in [-0.05, 0) is 61.2 Å². The fraction of sp³-hybridized carbons (Fsp3) is 0.0476. The highest BCUT2D eigenvalue weighted by Crippen LogP contribution is 2.37. The number of hydrogen-bond acceptors (Lipinski definition) is 4. The van der Waals surface area contributed by atoms with Gasteiger partial charge in [0.05, 0.1) is 15.6 Å². The number of hydrogen-bond donors (Lipinski definition) is 0. The van der Waals surface area contributed by atoms with Gasteiger partial charge in [0.25, 0.3) is 11.1 Å². The number of furan rings is 1. The van der Waals surface area contributed by atoms with Crippen molar-refractivity contribution in [2.75, 3.05) is 4.90 Å². The number of rotatable bonds is 3. The number of thioether (sulfide) groups is 1. The lowest BCUT2D eigenvalue weighted by Gasteiger charge is -2.12. The minimum absolute atomic E-state index is 0.295. The molecule has 1 saturated heterocycles. The Hall–Kier alpha value is -2.47. The maximum absolute atomic E-state index is 12.7. The molecule has 7 heteroatoms. The predicted molar refractivity (Wildman–Crippen MR) is 114 cm³/mol. The first-order valence-electron chi connectivity index (χ1n) is 8.32. The van der Waals surface area contributed by atoms with Crippen molar-refractivity contribution in [3.05, 3.63) is 80.9 Å². The zero-order valence-electron chi connectivity index (χ0n) is 14.6. The number of anilines is 1. The summed E-state index contributed by atoms with van der Waals surface area (Å²) in [5, 5.41) is 0.700. The lowest BCUT2D eigenvalue weighted by atomic mass is 10.2. The van der Waals surface area contributed by atoms with Gasteiger partial charge in [0.1, 0.15) is 11.5 Å². The second kappa shape index (κ2) is 7.51. The number of nitrogens with zero attached hydrogens (tertiary/aromatic N) is 1. The largest absolute Gasteiger partial charge is 0.457 e. The summed E-state index contributed by atoms with van der Waals surface area (Å²) in [6, 6.07) is 15.8. The van der Waals surface area contributed by atoms with E-state index in [1.807, 2.05) is 19.1 Å². The van der Waals surface area contributed by atoms with Crippen molar-refractivity contribution >= 4 is 57.9 Å². The van der Waals surface area contributed by atoms with E-state index in [-0.39, 0.29) is 11.1 Å². The molecule has 4 nitrogen and oxygen atoms in total. The molecule has 0 bridgehead atoms. The molecule has 0 saturated carbocycles. The van der Waals surface area contributed by atoms with Gasteiger partial charge >= 0.3 is 0 Å². The summed E-state index contributed by atoms with van der Waals surface area (Å²) < 4.78 is 5.79. The maximum atomic E-state index is 12.7. The molecule has 140 valence electrons. The van der Waals surface area contributed by atoms with Crippen LogP contribution in [0.3, 0.4) is 0 Å². The Morgan fingerprint density at radius 2 is 1.75 bits per heavy atom.